The largest absolute Gasteiger partial charge is 0.378 e. The summed E-state index contributed by atoms with van der Waals surface area (Å²) in [7, 11) is 1.98. The highest BCUT2D eigenvalue weighted by atomic mass is 16.3. The topological polar surface area (TPSA) is 36.4 Å². The molecule has 3 heteroatoms. The van der Waals surface area contributed by atoms with E-state index in [9.17, 15) is 5.11 Å². The zero-order chi connectivity index (χ0) is 10.8. The minimum Gasteiger partial charge on any atom is -0.378 e. The van der Waals surface area contributed by atoms with Crippen molar-refractivity contribution in [3.05, 3.63) is 30.1 Å². The molecule has 1 N–H and O–H groups in total. The monoisotopic (exact) mass is 206 g/mol. The Morgan fingerprint density at radius 2 is 2.27 bits per heavy atom. The van der Waals surface area contributed by atoms with Gasteiger partial charge in [0.15, 0.2) is 0 Å². The molecule has 3 atom stereocenters. The zero-order valence-corrected chi connectivity index (χ0v) is 9.30. The van der Waals surface area contributed by atoms with E-state index < -0.39 is 0 Å². The van der Waals surface area contributed by atoms with Gasteiger partial charge >= 0.3 is 0 Å². The van der Waals surface area contributed by atoms with Crippen molar-refractivity contribution >= 4 is 0 Å². The van der Waals surface area contributed by atoms with E-state index in [2.05, 4.69) is 18.0 Å². The fourth-order valence-electron chi connectivity index (χ4n) is 2.28. The summed E-state index contributed by atoms with van der Waals surface area (Å²) in [6, 6.07) is 4.49. The van der Waals surface area contributed by atoms with Gasteiger partial charge in [0.25, 0.3) is 0 Å². The van der Waals surface area contributed by atoms with Gasteiger partial charge in [-0.1, -0.05) is 6.07 Å². The Labute approximate surface area is 90.8 Å². The summed E-state index contributed by atoms with van der Waals surface area (Å²) in [5.74, 6) is 0.444. The molecule has 1 aliphatic heterocycles. The van der Waals surface area contributed by atoms with E-state index in [1.54, 1.807) is 6.20 Å². The van der Waals surface area contributed by atoms with E-state index in [1.165, 1.54) is 5.56 Å². The number of aliphatic hydroxyl groups excluding tert-OH is 1. The van der Waals surface area contributed by atoms with Crippen LogP contribution in [0.1, 0.15) is 31.2 Å². The fourth-order valence-corrected chi connectivity index (χ4v) is 2.28. The smallest absolute Gasteiger partial charge is 0.107 e. The molecule has 2 heterocycles. The van der Waals surface area contributed by atoms with Crippen LogP contribution in [0.25, 0.3) is 0 Å². The van der Waals surface area contributed by atoms with E-state index in [4.69, 9.17) is 0 Å². The van der Waals surface area contributed by atoms with E-state index >= 15 is 0 Å². The van der Waals surface area contributed by atoms with Crippen LogP contribution in [0, 0.1) is 0 Å². The highest BCUT2D eigenvalue weighted by Crippen LogP contribution is 2.32. The highest BCUT2D eigenvalue weighted by Gasteiger charge is 2.30. The van der Waals surface area contributed by atoms with Gasteiger partial charge in [0.05, 0.1) is 0 Å². The SMILES string of the molecule is C[C@@H]1C[C@@H](c2cccnc2)C[C@H](O)N1C. The number of pyridine rings is 1. The Morgan fingerprint density at radius 1 is 1.47 bits per heavy atom. The third-order valence-electron chi connectivity index (χ3n) is 3.44. The molecule has 82 valence electrons. The number of nitrogens with zero attached hydrogens (tertiary/aromatic N) is 2. The van der Waals surface area contributed by atoms with Crippen LogP contribution in [-0.4, -0.2) is 34.3 Å². The summed E-state index contributed by atoms with van der Waals surface area (Å²) in [4.78, 5) is 6.17. The average Bonchev–Trinajstić information content (AvgIpc) is 2.26. The molecular weight excluding hydrogens is 188 g/mol. The predicted molar refractivity (Wildman–Crippen MR) is 59.4 cm³/mol. The molecule has 0 aliphatic carbocycles. The molecule has 0 spiro atoms. The van der Waals surface area contributed by atoms with Crippen LogP contribution in [0.3, 0.4) is 0 Å². The summed E-state index contributed by atoms with van der Waals surface area (Å²) in [6.07, 6.45) is 5.29. The van der Waals surface area contributed by atoms with Crippen molar-refractivity contribution in [1.29, 1.82) is 0 Å². The second kappa shape index (κ2) is 4.29. The van der Waals surface area contributed by atoms with Crippen molar-refractivity contribution in [2.75, 3.05) is 7.05 Å². The molecule has 1 aromatic rings. The fraction of sp³-hybridized carbons (Fsp3) is 0.583. The van der Waals surface area contributed by atoms with Crippen molar-refractivity contribution in [2.24, 2.45) is 0 Å². The first-order chi connectivity index (χ1) is 7.18. The van der Waals surface area contributed by atoms with E-state index in [-0.39, 0.29) is 6.23 Å². The maximum atomic E-state index is 9.89. The zero-order valence-electron chi connectivity index (χ0n) is 9.30. The molecule has 0 bridgehead atoms. The number of rotatable bonds is 1. The molecular formula is C12H18N2O. The molecule has 0 radical (unpaired) electrons. The van der Waals surface area contributed by atoms with Gasteiger partial charge in [-0.3, -0.25) is 9.88 Å². The van der Waals surface area contributed by atoms with Gasteiger partial charge in [-0.2, -0.15) is 0 Å². The molecule has 0 saturated carbocycles. The molecule has 1 fully saturated rings. The minimum absolute atomic E-state index is 0.320. The van der Waals surface area contributed by atoms with Crippen molar-refractivity contribution in [2.45, 2.75) is 38.0 Å². The van der Waals surface area contributed by atoms with Crippen molar-refractivity contribution < 1.29 is 5.11 Å². The van der Waals surface area contributed by atoms with Gasteiger partial charge in [0, 0.05) is 18.4 Å². The maximum Gasteiger partial charge on any atom is 0.107 e. The van der Waals surface area contributed by atoms with Gasteiger partial charge < -0.3 is 5.11 Å². The Hall–Kier alpha value is -0.930. The Bertz CT molecular complexity index is 303. The van der Waals surface area contributed by atoms with Gasteiger partial charge in [-0.05, 0) is 44.4 Å². The lowest BCUT2D eigenvalue weighted by molar-refractivity contribution is -0.0410. The summed E-state index contributed by atoms with van der Waals surface area (Å²) in [5, 5.41) is 9.89. The molecule has 0 unspecified atom stereocenters. The van der Waals surface area contributed by atoms with Gasteiger partial charge in [0.2, 0.25) is 0 Å². The second-order valence-electron chi connectivity index (χ2n) is 4.45. The maximum absolute atomic E-state index is 9.89. The molecule has 15 heavy (non-hydrogen) atoms. The van der Waals surface area contributed by atoms with Crippen LogP contribution in [0.4, 0.5) is 0 Å². The van der Waals surface area contributed by atoms with Gasteiger partial charge in [0.1, 0.15) is 6.23 Å². The number of hydrogen-bond donors (Lipinski definition) is 1. The van der Waals surface area contributed by atoms with E-state index in [1.807, 2.05) is 24.2 Å². The molecule has 0 aromatic carbocycles. The van der Waals surface area contributed by atoms with Crippen LogP contribution in [-0.2, 0) is 0 Å². The highest BCUT2D eigenvalue weighted by molar-refractivity contribution is 5.16. The van der Waals surface area contributed by atoms with Crippen LogP contribution < -0.4 is 0 Å². The lowest BCUT2D eigenvalue weighted by atomic mass is 9.86. The summed E-state index contributed by atoms with van der Waals surface area (Å²) in [5.41, 5.74) is 1.25. The number of aromatic nitrogens is 1. The van der Waals surface area contributed by atoms with Gasteiger partial charge in [-0.15, -0.1) is 0 Å². The molecule has 1 aliphatic rings. The lowest BCUT2D eigenvalue weighted by Gasteiger charge is -2.39. The molecule has 0 amide bonds. The first-order valence-corrected chi connectivity index (χ1v) is 5.48. The van der Waals surface area contributed by atoms with Crippen molar-refractivity contribution in [3.63, 3.8) is 0 Å². The number of likely N-dealkylation sites (tertiary alicyclic amines) is 1. The number of piperidine rings is 1. The predicted octanol–water partition coefficient (Wildman–Crippen LogP) is 1.60. The van der Waals surface area contributed by atoms with Crippen molar-refractivity contribution in [1.82, 2.24) is 9.88 Å². The standard InChI is InChI=1S/C12H18N2O/c1-9-6-11(7-12(15)14(9)2)10-4-3-5-13-8-10/h3-5,8-9,11-12,15H,6-7H2,1-2H3/t9-,11-,12+/m1/s1. The quantitative estimate of drug-likeness (QED) is 0.758. The summed E-state index contributed by atoms with van der Waals surface area (Å²) in [6.45, 7) is 2.16. The molecule has 1 saturated heterocycles. The summed E-state index contributed by atoms with van der Waals surface area (Å²) >= 11 is 0. The van der Waals surface area contributed by atoms with E-state index in [0.29, 0.717) is 12.0 Å². The normalized spacial score (nSPS) is 32.9. The van der Waals surface area contributed by atoms with Crippen LogP contribution >= 0.6 is 0 Å². The Kier molecular flexibility index (Phi) is 3.03. The average molecular weight is 206 g/mol. The van der Waals surface area contributed by atoms with Crippen LogP contribution in [0.2, 0.25) is 0 Å². The first-order valence-electron chi connectivity index (χ1n) is 5.48. The molecule has 1 aromatic heterocycles. The first kappa shape index (κ1) is 10.6. The molecule has 3 nitrogen and oxygen atoms in total. The van der Waals surface area contributed by atoms with Gasteiger partial charge in [-0.25, -0.2) is 0 Å². The van der Waals surface area contributed by atoms with Crippen LogP contribution in [0.15, 0.2) is 24.5 Å². The Balaban J connectivity index is 2.13. The minimum atomic E-state index is -0.320. The summed E-state index contributed by atoms with van der Waals surface area (Å²) < 4.78 is 0. The van der Waals surface area contributed by atoms with Crippen LogP contribution in [0.5, 0.6) is 0 Å². The van der Waals surface area contributed by atoms with Crippen molar-refractivity contribution in [3.8, 4) is 0 Å². The lowest BCUT2D eigenvalue weighted by Crippen LogP contribution is -2.44. The molecule has 2 rings (SSSR count). The number of aliphatic hydroxyl groups is 1. The number of hydrogen-bond acceptors (Lipinski definition) is 3. The van der Waals surface area contributed by atoms with E-state index in [0.717, 1.165) is 12.8 Å². The third kappa shape index (κ3) is 2.19. The Morgan fingerprint density at radius 3 is 2.87 bits per heavy atom. The second-order valence-corrected chi connectivity index (χ2v) is 4.45. The third-order valence-corrected chi connectivity index (χ3v) is 3.44.